The van der Waals surface area contributed by atoms with Gasteiger partial charge < -0.3 is 19.3 Å². The van der Waals surface area contributed by atoms with Gasteiger partial charge in [-0.1, -0.05) is 0 Å². The summed E-state index contributed by atoms with van der Waals surface area (Å²) in [7, 11) is 1.65. The number of hydrogen-bond donors (Lipinski definition) is 0. The monoisotopic (exact) mass is 372 g/mol. The number of methoxy groups -OCH3 is 1. The summed E-state index contributed by atoms with van der Waals surface area (Å²) in [6, 6.07) is 6.06. The Kier molecular flexibility index (Phi) is 5.23. The average Bonchev–Trinajstić information content (AvgIpc) is 2.98. The Hall–Kier alpha value is -2.24. The molecule has 0 aliphatic carbocycles. The quantitative estimate of drug-likeness (QED) is 0.817. The molecule has 3 aliphatic heterocycles. The third-order valence-corrected chi connectivity index (χ3v) is 6.08. The van der Waals surface area contributed by atoms with Gasteiger partial charge >= 0.3 is 0 Å². The maximum Gasteiger partial charge on any atom is 0.229 e. The molecule has 27 heavy (non-hydrogen) atoms. The van der Waals surface area contributed by atoms with Crippen LogP contribution in [0.3, 0.4) is 0 Å². The number of carbonyl (C=O) groups is 2. The van der Waals surface area contributed by atoms with Gasteiger partial charge in [0.15, 0.2) is 0 Å². The van der Waals surface area contributed by atoms with Crippen LogP contribution in [0.5, 0.6) is 11.5 Å². The molecule has 0 bridgehead atoms. The predicted molar refractivity (Wildman–Crippen MR) is 101 cm³/mol. The van der Waals surface area contributed by atoms with Gasteiger partial charge in [0, 0.05) is 32.1 Å². The molecule has 1 aromatic carbocycles. The van der Waals surface area contributed by atoms with Crippen LogP contribution in [0.4, 0.5) is 0 Å². The van der Waals surface area contributed by atoms with Gasteiger partial charge in [0.05, 0.1) is 13.0 Å². The van der Waals surface area contributed by atoms with Gasteiger partial charge in [-0.05, 0) is 55.9 Å². The lowest BCUT2D eigenvalue weighted by Crippen LogP contribution is -2.42. The molecule has 146 valence electrons. The molecule has 3 aliphatic rings. The van der Waals surface area contributed by atoms with E-state index in [2.05, 4.69) is 0 Å². The summed E-state index contributed by atoms with van der Waals surface area (Å²) in [5.41, 5.74) is 1.04. The van der Waals surface area contributed by atoms with Crippen LogP contribution in [0.15, 0.2) is 18.2 Å². The Morgan fingerprint density at radius 3 is 2.85 bits per heavy atom. The zero-order valence-corrected chi connectivity index (χ0v) is 16.0. The zero-order valence-electron chi connectivity index (χ0n) is 16.0. The van der Waals surface area contributed by atoms with Crippen molar-refractivity contribution in [1.82, 2.24) is 9.80 Å². The zero-order chi connectivity index (χ0) is 18.8. The molecule has 0 spiro atoms. The number of fused-ring (bicyclic) bond motifs is 1. The lowest BCUT2D eigenvalue weighted by molar-refractivity contribution is -0.136. The second-order valence-corrected chi connectivity index (χ2v) is 7.79. The first-order valence-corrected chi connectivity index (χ1v) is 10.0. The fraction of sp³-hybridized carbons (Fsp3) is 0.619. The number of hydrogen-bond acceptors (Lipinski definition) is 4. The molecule has 4 rings (SSSR count). The molecule has 3 heterocycles. The molecule has 2 atom stereocenters. The SMILES string of the molecule is COc1ccc2c(c1)CC(C(=O)N1CCCC(N3CCCC3=O)CC1)CO2. The van der Waals surface area contributed by atoms with Crippen LogP contribution in [-0.4, -0.2) is 61.0 Å². The minimum atomic E-state index is -0.144. The highest BCUT2D eigenvalue weighted by atomic mass is 16.5. The molecule has 0 aromatic heterocycles. The van der Waals surface area contributed by atoms with Crippen molar-refractivity contribution in [2.24, 2.45) is 5.92 Å². The molecule has 0 saturated carbocycles. The molecule has 2 saturated heterocycles. The van der Waals surface area contributed by atoms with Crippen molar-refractivity contribution in [3.63, 3.8) is 0 Å². The fourth-order valence-corrected chi connectivity index (χ4v) is 4.58. The summed E-state index contributed by atoms with van der Waals surface area (Å²) >= 11 is 0. The second-order valence-electron chi connectivity index (χ2n) is 7.79. The van der Waals surface area contributed by atoms with Crippen LogP contribution in [0.1, 0.15) is 37.7 Å². The first-order valence-electron chi connectivity index (χ1n) is 10.0. The van der Waals surface area contributed by atoms with E-state index >= 15 is 0 Å². The molecule has 2 fully saturated rings. The number of ether oxygens (including phenoxy) is 2. The van der Waals surface area contributed by atoms with E-state index in [-0.39, 0.29) is 17.7 Å². The van der Waals surface area contributed by atoms with Crippen LogP contribution in [0.2, 0.25) is 0 Å². The minimum absolute atomic E-state index is 0.144. The summed E-state index contributed by atoms with van der Waals surface area (Å²) in [5.74, 6) is 1.96. The van der Waals surface area contributed by atoms with Gasteiger partial charge in [0.25, 0.3) is 0 Å². The van der Waals surface area contributed by atoms with E-state index in [1.807, 2.05) is 28.0 Å². The van der Waals surface area contributed by atoms with Crippen molar-refractivity contribution in [2.75, 3.05) is 33.4 Å². The number of amides is 2. The van der Waals surface area contributed by atoms with Crippen molar-refractivity contribution in [2.45, 2.75) is 44.6 Å². The van der Waals surface area contributed by atoms with E-state index in [0.717, 1.165) is 62.4 Å². The highest BCUT2D eigenvalue weighted by molar-refractivity contribution is 5.80. The first-order chi connectivity index (χ1) is 13.2. The summed E-state index contributed by atoms with van der Waals surface area (Å²) in [6.07, 6.45) is 5.18. The average molecular weight is 372 g/mol. The van der Waals surface area contributed by atoms with Crippen LogP contribution < -0.4 is 9.47 Å². The van der Waals surface area contributed by atoms with E-state index in [1.54, 1.807) is 7.11 Å². The molecule has 6 heteroatoms. The third kappa shape index (κ3) is 3.75. The molecule has 6 nitrogen and oxygen atoms in total. The lowest BCUT2D eigenvalue weighted by atomic mass is 9.95. The molecule has 2 unspecified atom stereocenters. The van der Waals surface area contributed by atoms with Crippen molar-refractivity contribution < 1.29 is 19.1 Å². The normalized spacial score (nSPS) is 25.6. The fourth-order valence-electron chi connectivity index (χ4n) is 4.58. The molecule has 0 radical (unpaired) electrons. The van der Waals surface area contributed by atoms with Crippen LogP contribution >= 0.6 is 0 Å². The van der Waals surface area contributed by atoms with Crippen LogP contribution in [-0.2, 0) is 16.0 Å². The largest absolute Gasteiger partial charge is 0.497 e. The smallest absolute Gasteiger partial charge is 0.229 e. The molecule has 2 amide bonds. The van der Waals surface area contributed by atoms with E-state index in [9.17, 15) is 9.59 Å². The van der Waals surface area contributed by atoms with Crippen molar-refractivity contribution in [3.8, 4) is 11.5 Å². The van der Waals surface area contributed by atoms with Crippen LogP contribution in [0, 0.1) is 5.92 Å². The summed E-state index contributed by atoms with van der Waals surface area (Å²) in [6.45, 7) is 2.82. The first kappa shape index (κ1) is 18.1. The van der Waals surface area contributed by atoms with E-state index in [1.165, 1.54) is 0 Å². The van der Waals surface area contributed by atoms with E-state index < -0.39 is 0 Å². The standard InChI is InChI=1S/C21H28N2O4/c1-26-18-6-7-19-15(13-18)12-16(14-27-19)21(25)22-9-2-4-17(8-11-22)23-10-3-5-20(23)24/h6-7,13,16-17H,2-5,8-12,14H2,1H3. The van der Waals surface area contributed by atoms with Crippen LogP contribution in [0.25, 0.3) is 0 Å². The predicted octanol–water partition coefficient (Wildman–Crippen LogP) is 2.25. The highest BCUT2D eigenvalue weighted by Crippen LogP contribution is 2.32. The number of benzene rings is 1. The topological polar surface area (TPSA) is 59.1 Å². The van der Waals surface area contributed by atoms with E-state index in [4.69, 9.17) is 9.47 Å². The van der Waals surface area contributed by atoms with Crippen molar-refractivity contribution in [3.05, 3.63) is 23.8 Å². The Bertz CT molecular complexity index is 720. The van der Waals surface area contributed by atoms with Gasteiger partial charge in [-0.15, -0.1) is 0 Å². The van der Waals surface area contributed by atoms with Crippen molar-refractivity contribution >= 4 is 11.8 Å². The highest BCUT2D eigenvalue weighted by Gasteiger charge is 2.33. The Balaban J connectivity index is 1.39. The van der Waals surface area contributed by atoms with Gasteiger partial charge in [-0.25, -0.2) is 0 Å². The summed E-state index contributed by atoms with van der Waals surface area (Å²) in [4.78, 5) is 29.2. The molecular formula is C21H28N2O4. The van der Waals surface area contributed by atoms with Gasteiger partial charge in [0.2, 0.25) is 11.8 Å². The number of likely N-dealkylation sites (tertiary alicyclic amines) is 2. The Labute approximate surface area is 160 Å². The number of rotatable bonds is 3. The second kappa shape index (κ2) is 7.79. The number of carbonyl (C=O) groups excluding carboxylic acids is 2. The summed E-state index contributed by atoms with van der Waals surface area (Å²) < 4.78 is 11.1. The minimum Gasteiger partial charge on any atom is -0.497 e. The maximum atomic E-state index is 13.1. The van der Waals surface area contributed by atoms with Gasteiger partial charge in [-0.3, -0.25) is 9.59 Å². The Morgan fingerprint density at radius 2 is 2.07 bits per heavy atom. The van der Waals surface area contributed by atoms with Gasteiger partial charge in [0.1, 0.15) is 18.1 Å². The molecule has 1 aromatic rings. The van der Waals surface area contributed by atoms with Gasteiger partial charge in [-0.2, -0.15) is 0 Å². The molecular weight excluding hydrogens is 344 g/mol. The molecule has 0 N–H and O–H groups in total. The maximum absolute atomic E-state index is 13.1. The lowest BCUT2D eigenvalue weighted by Gasteiger charge is -2.30. The Morgan fingerprint density at radius 1 is 1.19 bits per heavy atom. The summed E-state index contributed by atoms with van der Waals surface area (Å²) in [5, 5.41) is 0. The third-order valence-electron chi connectivity index (χ3n) is 6.08. The number of nitrogens with zero attached hydrogens (tertiary/aromatic N) is 2. The van der Waals surface area contributed by atoms with E-state index in [0.29, 0.717) is 25.5 Å². The van der Waals surface area contributed by atoms with Crippen molar-refractivity contribution in [1.29, 1.82) is 0 Å².